The highest BCUT2D eigenvalue weighted by Gasteiger charge is 2.13. The van der Waals surface area contributed by atoms with Gasteiger partial charge in [-0.15, -0.1) is 0 Å². The van der Waals surface area contributed by atoms with Crippen molar-refractivity contribution in [3.63, 3.8) is 0 Å². The first-order valence-corrected chi connectivity index (χ1v) is 10.7. The quantitative estimate of drug-likeness (QED) is 0.279. The third-order valence-corrected chi connectivity index (χ3v) is 5.89. The number of carbonyl (C=O) groups is 1. The van der Waals surface area contributed by atoms with Gasteiger partial charge in [-0.25, -0.2) is 0 Å². The summed E-state index contributed by atoms with van der Waals surface area (Å²) in [6.45, 7) is 0. The average molecular weight is 521 g/mol. The van der Waals surface area contributed by atoms with Gasteiger partial charge in [0.1, 0.15) is 11.6 Å². The first-order chi connectivity index (χ1) is 14.4. The van der Waals surface area contributed by atoms with Gasteiger partial charge in [0.25, 0.3) is 5.91 Å². The van der Waals surface area contributed by atoms with Gasteiger partial charge < -0.3 is 5.32 Å². The maximum atomic E-state index is 12.6. The minimum Gasteiger partial charge on any atom is -0.321 e. The molecular weight excluding hydrogens is 507 g/mol. The molecule has 3 aromatic carbocycles. The van der Waals surface area contributed by atoms with Crippen LogP contribution in [-0.2, 0) is 11.2 Å². The van der Waals surface area contributed by atoms with Crippen molar-refractivity contribution >= 4 is 68.4 Å². The van der Waals surface area contributed by atoms with E-state index in [1.807, 2.05) is 48.5 Å². The van der Waals surface area contributed by atoms with Crippen molar-refractivity contribution in [2.75, 3.05) is 5.32 Å². The van der Waals surface area contributed by atoms with E-state index in [1.165, 1.54) is 6.07 Å². The van der Waals surface area contributed by atoms with Crippen molar-refractivity contribution in [1.29, 1.82) is 5.26 Å². The molecule has 7 heteroatoms. The molecule has 0 heterocycles. The molecular formula is C23H14BrCl3N2O. The minimum atomic E-state index is -0.542. The summed E-state index contributed by atoms with van der Waals surface area (Å²) < 4.78 is 0.832. The van der Waals surface area contributed by atoms with E-state index in [-0.39, 0.29) is 5.57 Å². The second kappa shape index (κ2) is 10.1. The summed E-state index contributed by atoms with van der Waals surface area (Å²) in [4.78, 5) is 12.6. The van der Waals surface area contributed by atoms with E-state index in [0.717, 1.165) is 21.2 Å². The van der Waals surface area contributed by atoms with Crippen molar-refractivity contribution in [3.05, 3.63) is 102 Å². The zero-order valence-electron chi connectivity index (χ0n) is 15.4. The van der Waals surface area contributed by atoms with Crippen LogP contribution in [0.3, 0.4) is 0 Å². The highest BCUT2D eigenvalue weighted by molar-refractivity contribution is 9.10. The van der Waals surface area contributed by atoms with E-state index in [4.69, 9.17) is 34.8 Å². The molecule has 0 atom stereocenters. The van der Waals surface area contributed by atoms with Crippen LogP contribution in [0.25, 0.3) is 6.08 Å². The fourth-order valence-electron chi connectivity index (χ4n) is 2.78. The van der Waals surface area contributed by atoms with Crippen molar-refractivity contribution < 1.29 is 4.79 Å². The number of nitrogens with zero attached hydrogens (tertiary/aromatic N) is 1. The predicted molar refractivity (Wildman–Crippen MR) is 127 cm³/mol. The highest BCUT2D eigenvalue weighted by atomic mass is 79.9. The van der Waals surface area contributed by atoms with E-state index in [0.29, 0.717) is 27.2 Å². The Morgan fingerprint density at radius 2 is 1.73 bits per heavy atom. The number of hydrogen-bond acceptors (Lipinski definition) is 2. The fourth-order valence-corrected chi connectivity index (χ4v) is 3.66. The zero-order chi connectivity index (χ0) is 21.7. The fraction of sp³-hybridized carbons (Fsp3) is 0.0435. The Labute approximate surface area is 198 Å². The number of benzene rings is 3. The number of nitrogens with one attached hydrogen (secondary N) is 1. The predicted octanol–water partition coefficient (Wildman–Crippen LogP) is 7.55. The number of anilines is 1. The molecule has 0 aromatic heterocycles. The van der Waals surface area contributed by atoms with E-state index in [1.54, 1.807) is 18.2 Å². The SMILES string of the molecule is N#C/C(=C\c1cc(Br)ccc1Cc1ccccc1Cl)C(=O)Nc1ccc(Cl)c(Cl)c1. The molecule has 0 bridgehead atoms. The molecule has 3 nitrogen and oxygen atoms in total. The van der Waals surface area contributed by atoms with Crippen LogP contribution < -0.4 is 5.32 Å². The van der Waals surface area contributed by atoms with Crippen molar-refractivity contribution in [1.82, 2.24) is 0 Å². The normalized spacial score (nSPS) is 11.1. The standard InChI is InChI=1S/C23H14BrCl3N2O/c24-18-6-5-14(9-15-3-1-2-4-20(15)25)16(11-18)10-17(13-28)23(30)29-19-7-8-21(26)22(27)12-19/h1-8,10-12H,9H2,(H,29,30)/b17-10+. The smallest absolute Gasteiger partial charge is 0.266 e. The van der Waals surface area contributed by atoms with Crippen LogP contribution in [0.5, 0.6) is 0 Å². The minimum absolute atomic E-state index is 0.0421. The summed E-state index contributed by atoms with van der Waals surface area (Å²) in [6.07, 6.45) is 2.12. The molecule has 1 N–H and O–H groups in total. The molecule has 30 heavy (non-hydrogen) atoms. The van der Waals surface area contributed by atoms with Crippen LogP contribution in [-0.4, -0.2) is 5.91 Å². The lowest BCUT2D eigenvalue weighted by molar-refractivity contribution is -0.112. The van der Waals surface area contributed by atoms with E-state index in [2.05, 4.69) is 21.2 Å². The second-order valence-electron chi connectivity index (χ2n) is 6.36. The van der Waals surface area contributed by atoms with E-state index >= 15 is 0 Å². The summed E-state index contributed by atoms with van der Waals surface area (Å²) in [5.74, 6) is -0.542. The van der Waals surface area contributed by atoms with Gasteiger partial charge in [-0.2, -0.15) is 5.26 Å². The molecule has 0 fully saturated rings. The third-order valence-electron chi connectivity index (χ3n) is 4.29. The Kier molecular flexibility index (Phi) is 7.58. The summed E-state index contributed by atoms with van der Waals surface area (Å²) >= 11 is 21.6. The molecule has 3 aromatic rings. The first kappa shape index (κ1) is 22.4. The lowest BCUT2D eigenvalue weighted by atomic mass is 9.98. The van der Waals surface area contributed by atoms with Crippen molar-refractivity contribution in [2.45, 2.75) is 6.42 Å². The number of amides is 1. The van der Waals surface area contributed by atoms with Crippen LogP contribution in [0.4, 0.5) is 5.69 Å². The van der Waals surface area contributed by atoms with Gasteiger partial charge in [0, 0.05) is 15.2 Å². The van der Waals surface area contributed by atoms with Gasteiger partial charge in [-0.1, -0.05) is 75.0 Å². The highest BCUT2D eigenvalue weighted by Crippen LogP contribution is 2.27. The third kappa shape index (κ3) is 5.65. The molecule has 0 aliphatic carbocycles. The summed E-state index contributed by atoms with van der Waals surface area (Å²) in [5.41, 5.74) is 3.03. The van der Waals surface area contributed by atoms with Crippen molar-refractivity contribution in [2.24, 2.45) is 0 Å². The number of nitriles is 1. The number of carbonyl (C=O) groups excluding carboxylic acids is 1. The van der Waals surface area contributed by atoms with E-state index < -0.39 is 5.91 Å². The number of hydrogen-bond donors (Lipinski definition) is 1. The largest absolute Gasteiger partial charge is 0.321 e. The summed E-state index contributed by atoms with van der Waals surface area (Å²) in [5, 5.41) is 13.6. The van der Waals surface area contributed by atoms with Gasteiger partial charge in [-0.05, 0) is 65.6 Å². The van der Waals surface area contributed by atoms with Crippen LogP contribution in [0, 0.1) is 11.3 Å². The molecule has 1 amide bonds. The van der Waals surface area contributed by atoms with Gasteiger partial charge in [0.05, 0.1) is 10.0 Å². The van der Waals surface area contributed by atoms with Crippen LogP contribution in [0.1, 0.15) is 16.7 Å². The average Bonchev–Trinajstić information content (AvgIpc) is 2.72. The molecule has 0 saturated heterocycles. The second-order valence-corrected chi connectivity index (χ2v) is 8.50. The van der Waals surface area contributed by atoms with Gasteiger partial charge >= 0.3 is 0 Å². The van der Waals surface area contributed by atoms with Gasteiger partial charge in [0.15, 0.2) is 0 Å². The van der Waals surface area contributed by atoms with Crippen molar-refractivity contribution in [3.8, 4) is 6.07 Å². The Hall–Kier alpha value is -2.29. The number of rotatable bonds is 5. The Morgan fingerprint density at radius 3 is 2.43 bits per heavy atom. The van der Waals surface area contributed by atoms with E-state index in [9.17, 15) is 10.1 Å². The molecule has 0 unspecified atom stereocenters. The molecule has 0 radical (unpaired) electrons. The summed E-state index contributed by atoms with van der Waals surface area (Å²) in [7, 11) is 0. The Balaban J connectivity index is 1.92. The maximum Gasteiger partial charge on any atom is 0.266 e. The van der Waals surface area contributed by atoms with Crippen LogP contribution >= 0.6 is 50.7 Å². The number of halogens is 4. The molecule has 0 spiro atoms. The molecule has 0 aliphatic heterocycles. The monoisotopic (exact) mass is 518 g/mol. The summed E-state index contributed by atoms with van der Waals surface area (Å²) in [6, 6.07) is 19.9. The molecule has 3 rings (SSSR count). The first-order valence-electron chi connectivity index (χ1n) is 8.77. The Morgan fingerprint density at radius 1 is 0.967 bits per heavy atom. The Bertz CT molecular complexity index is 1190. The van der Waals surface area contributed by atoms with Crippen LogP contribution in [0.15, 0.2) is 70.7 Å². The molecule has 0 aliphatic rings. The molecule has 150 valence electrons. The lowest BCUT2D eigenvalue weighted by Gasteiger charge is -2.10. The van der Waals surface area contributed by atoms with Crippen LogP contribution in [0.2, 0.25) is 15.1 Å². The zero-order valence-corrected chi connectivity index (χ0v) is 19.3. The van der Waals surface area contributed by atoms with Gasteiger partial charge in [-0.3, -0.25) is 4.79 Å². The molecule has 0 saturated carbocycles. The topological polar surface area (TPSA) is 52.9 Å². The maximum absolute atomic E-state index is 12.6. The van der Waals surface area contributed by atoms with Gasteiger partial charge in [0.2, 0.25) is 0 Å². The lowest BCUT2D eigenvalue weighted by Crippen LogP contribution is -2.13.